The number of imide groups is 2. The highest BCUT2D eigenvalue weighted by Gasteiger charge is 2.59. The lowest BCUT2D eigenvalue weighted by molar-refractivity contribution is -0.983. The zero-order valence-electron chi connectivity index (χ0n) is 10.2. The molecular formula is C11H11N2O7+. The van der Waals surface area contributed by atoms with Crippen LogP contribution in [0.3, 0.4) is 0 Å². The van der Waals surface area contributed by atoms with Crippen molar-refractivity contribution in [2.24, 2.45) is 0 Å². The number of carboxylic acid groups (broad SMARTS) is 1. The summed E-state index contributed by atoms with van der Waals surface area (Å²) in [7, 11) is 0. The molecule has 106 valence electrons. The van der Waals surface area contributed by atoms with E-state index in [1.165, 1.54) is 0 Å². The van der Waals surface area contributed by atoms with Gasteiger partial charge in [0.05, 0.1) is 19.4 Å². The number of amides is 4. The van der Waals surface area contributed by atoms with Gasteiger partial charge in [-0.15, -0.1) is 0 Å². The van der Waals surface area contributed by atoms with Crippen LogP contribution < -0.4 is 0 Å². The maximum Gasteiger partial charge on any atom is 0.368 e. The molecule has 2 N–H and O–H groups in total. The first-order chi connectivity index (χ1) is 9.28. The minimum Gasteiger partial charge on any atom is -0.477 e. The Morgan fingerprint density at radius 1 is 1.15 bits per heavy atom. The molecule has 0 saturated carbocycles. The third-order valence-corrected chi connectivity index (χ3v) is 3.31. The van der Waals surface area contributed by atoms with Gasteiger partial charge in [0, 0.05) is 12.2 Å². The van der Waals surface area contributed by atoms with Gasteiger partial charge in [0.1, 0.15) is 0 Å². The number of likely N-dealkylation sites (tertiary alicyclic amines) is 1. The third-order valence-electron chi connectivity index (χ3n) is 3.31. The van der Waals surface area contributed by atoms with Crippen LogP contribution in [0.4, 0.5) is 0 Å². The van der Waals surface area contributed by atoms with Gasteiger partial charge in [-0.05, 0) is 4.65 Å². The number of carboxylic acids is 1. The molecule has 9 heteroatoms. The van der Waals surface area contributed by atoms with Crippen molar-refractivity contribution >= 4 is 29.6 Å². The van der Waals surface area contributed by atoms with Crippen molar-refractivity contribution in [2.45, 2.75) is 18.9 Å². The Hall–Kier alpha value is -2.39. The second-order valence-electron chi connectivity index (χ2n) is 4.45. The molecule has 1 saturated heterocycles. The number of quaternary nitrogens is 1. The number of hydrogen-bond donors (Lipinski definition) is 2. The lowest BCUT2D eigenvalue weighted by atomic mass is 10.2. The largest absolute Gasteiger partial charge is 0.477 e. The standard InChI is InChI=1S/C11H10N2O7/c14-7-1-2-8(15)12(7)5-6(11(18)19)13(20)9(16)3-4-10(13)17/h1-2,6,20H,3-5H2/p+1. The Morgan fingerprint density at radius 2 is 1.60 bits per heavy atom. The fourth-order valence-electron chi connectivity index (χ4n) is 2.18. The van der Waals surface area contributed by atoms with Gasteiger partial charge >= 0.3 is 17.8 Å². The van der Waals surface area contributed by atoms with Gasteiger partial charge < -0.3 is 5.11 Å². The van der Waals surface area contributed by atoms with Crippen LogP contribution in [0.15, 0.2) is 12.2 Å². The summed E-state index contributed by atoms with van der Waals surface area (Å²) in [6, 6.07) is -1.93. The summed E-state index contributed by atoms with van der Waals surface area (Å²) in [6.45, 7) is -0.756. The van der Waals surface area contributed by atoms with Gasteiger partial charge in [-0.2, -0.15) is 0 Å². The van der Waals surface area contributed by atoms with Crippen LogP contribution in [-0.4, -0.2) is 62.0 Å². The van der Waals surface area contributed by atoms with E-state index in [-0.39, 0.29) is 12.8 Å². The summed E-state index contributed by atoms with van der Waals surface area (Å²) in [5.41, 5.74) is 0. The summed E-state index contributed by atoms with van der Waals surface area (Å²) in [6.07, 6.45) is 1.33. The number of hydroxylamine groups is 3. The number of rotatable bonds is 4. The van der Waals surface area contributed by atoms with Crippen LogP contribution in [0.25, 0.3) is 0 Å². The second kappa shape index (κ2) is 4.62. The maximum atomic E-state index is 11.6. The fourth-order valence-corrected chi connectivity index (χ4v) is 2.18. The highest BCUT2D eigenvalue weighted by atomic mass is 16.6. The minimum atomic E-state index is -1.93. The predicted octanol–water partition coefficient (Wildman–Crippen LogP) is -1.58. The molecule has 2 heterocycles. The van der Waals surface area contributed by atoms with Crippen molar-refractivity contribution in [3.8, 4) is 0 Å². The number of hydrogen-bond acceptors (Lipinski definition) is 6. The molecular weight excluding hydrogens is 272 g/mol. The molecule has 20 heavy (non-hydrogen) atoms. The summed E-state index contributed by atoms with van der Waals surface area (Å²) in [4.78, 5) is 57.8. The first kappa shape index (κ1) is 14.0. The topological polar surface area (TPSA) is 129 Å². The van der Waals surface area contributed by atoms with Crippen molar-refractivity contribution in [3.63, 3.8) is 0 Å². The van der Waals surface area contributed by atoms with E-state index >= 15 is 0 Å². The molecule has 1 atom stereocenters. The molecule has 2 aliphatic rings. The average molecular weight is 283 g/mol. The minimum absolute atomic E-state index is 0.279. The van der Waals surface area contributed by atoms with E-state index in [4.69, 9.17) is 5.11 Å². The van der Waals surface area contributed by atoms with Crippen molar-refractivity contribution in [3.05, 3.63) is 12.2 Å². The van der Waals surface area contributed by atoms with E-state index in [1.54, 1.807) is 0 Å². The van der Waals surface area contributed by atoms with E-state index in [2.05, 4.69) is 0 Å². The van der Waals surface area contributed by atoms with Crippen LogP contribution >= 0.6 is 0 Å². The monoisotopic (exact) mass is 283 g/mol. The highest BCUT2D eigenvalue weighted by Crippen LogP contribution is 2.25. The predicted molar refractivity (Wildman–Crippen MR) is 58.6 cm³/mol. The number of nitrogens with zero attached hydrogens (tertiary/aromatic N) is 2. The van der Waals surface area contributed by atoms with Crippen LogP contribution in [0.2, 0.25) is 0 Å². The normalized spacial score (nSPS) is 22.8. The van der Waals surface area contributed by atoms with Crippen molar-refractivity contribution in [1.82, 2.24) is 4.90 Å². The maximum absolute atomic E-state index is 11.6. The quantitative estimate of drug-likeness (QED) is 0.362. The van der Waals surface area contributed by atoms with Gasteiger partial charge in [-0.3, -0.25) is 14.5 Å². The molecule has 1 fully saturated rings. The summed E-state index contributed by atoms with van der Waals surface area (Å²) in [5, 5.41) is 19.2. The first-order valence-electron chi connectivity index (χ1n) is 5.73. The van der Waals surface area contributed by atoms with Gasteiger partial charge in [0.25, 0.3) is 11.8 Å². The lowest BCUT2D eigenvalue weighted by Crippen LogP contribution is -2.63. The van der Waals surface area contributed by atoms with Crippen LogP contribution in [0.5, 0.6) is 0 Å². The third kappa shape index (κ3) is 1.92. The van der Waals surface area contributed by atoms with E-state index in [0.29, 0.717) is 4.90 Å². The number of carbonyl (C=O) groups excluding carboxylic acids is 4. The molecule has 0 spiro atoms. The van der Waals surface area contributed by atoms with E-state index < -0.39 is 46.8 Å². The van der Waals surface area contributed by atoms with Crippen molar-refractivity contribution in [2.75, 3.05) is 6.54 Å². The molecule has 0 bridgehead atoms. The number of aliphatic carboxylic acids is 1. The Balaban J connectivity index is 2.31. The SMILES string of the molecule is O=C(O)C(CN1C(=O)C=CC1=O)[N+]1(O)C(=O)CCC1=O. The molecule has 0 aliphatic carbocycles. The molecule has 9 nitrogen and oxygen atoms in total. The van der Waals surface area contributed by atoms with Crippen LogP contribution in [0.1, 0.15) is 12.8 Å². The van der Waals surface area contributed by atoms with Crippen molar-refractivity contribution in [1.29, 1.82) is 0 Å². The smallest absolute Gasteiger partial charge is 0.368 e. The highest BCUT2D eigenvalue weighted by molar-refractivity contribution is 6.13. The summed E-state index contributed by atoms with van der Waals surface area (Å²) in [5.74, 6) is -5.09. The van der Waals surface area contributed by atoms with Gasteiger partial charge in [-0.25, -0.2) is 19.6 Å². The summed E-state index contributed by atoms with van der Waals surface area (Å²) >= 11 is 0. The number of carbonyl (C=O) groups is 5. The average Bonchev–Trinajstić information content (AvgIpc) is 2.82. The molecule has 2 rings (SSSR count). The first-order valence-corrected chi connectivity index (χ1v) is 5.73. The van der Waals surface area contributed by atoms with E-state index in [0.717, 1.165) is 12.2 Å². The van der Waals surface area contributed by atoms with Crippen LogP contribution in [-0.2, 0) is 24.0 Å². The van der Waals surface area contributed by atoms with Crippen molar-refractivity contribution < 1.29 is 38.9 Å². The van der Waals surface area contributed by atoms with Gasteiger partial charge in [-0.1, -0.05) is 0 Å². The summed E-state index contributed by atoms with van der Waals surface area (Å²) < 4.78 is -1.91. The molecule has 0 aromatic carbocycles. The van der Waals surface area contributed by atoms with Gasteiger partial charge in [0.15, 0.2) is 0 Å². The molecule has 2 aliphatic heterocycles. The Labute approximate surface area is 112 Å². The molecule has 1 unspecified atom stereocenters. The second-order valence-corrected chi connectivity index (χ2v) is 4.45. The van der Waals surface area contributed by atoms with E-state index in [1.807, 2.05) is 0 Å². The molecule has 4 amide bonds. The van der Waals surface area contributed by atoms with E-state index in [9.17, 15) is 29.2 Å². The Bertz CT molecular complexity index is 531. The van der Waals surface area contributed by atoms with Gasteiger partial charge in [0.2, 0.25) is 6.04 Å². The zero-order valence-corrected chi connectivity index (χ0v) is 10.2. The zero-order chi connectivity index (χ0) is 15.1. The lowest BCUT2D eigenvalue weighted by Gasteiger charge is -2.28. The molecule has 0 radical (unpaired) electrons. The molecule has 0 aromatic rings. The fraction of sp³-hybridized carbons (Fsp3) is 0.364. The van der Waals surface area contributed by atoms with Crippen LogP contribution in [0, 0.1) is 0 Å². The molecule has 0 aromatic heterocycles. The Kier molecular flexibility index (Phi) is 3.24. The Morgan fingerprint density at radius 3 is 2.00 bits per heavy atom.